The second kappa shape index (κ2) is 5.19. The van der Waals surface area contributed by atoms with Crippen LogP contribution in [0.2, 0.25) is 0 Å². The molecule has 0 bridgehead atoms. The SMILES string of the molecule is NCCN1CCC(c2ccc3[nH]c(=O)oc3c2)CC1. The Balaban J connectivity index is 1.76. The first-order valence-electron chi connectivity index (χ1n) is 6.81. The van der Waals surface area contributed by atoms with E-state index in [2.05, 4.69) is 16.0 Å². The molecule has 0 spiro atoms. The number of fused-ring (bicyclic) bond motifs is 1. The lowest BCUT2D eigenvalue weighted by molar-refractivity contribution is 0.218. The number of nitrogens with one attached hydrogen (secondary N) is 1. The Morgan fingerprint density at radius 1 is 1.37 bits per heavy atom. The van der Waals surface area contributed by atoms with Crippen molar-refractivity contribution in [3.63, 3.8) is 0 Å². The van der Waals surface area contributed by atoms with E-state index in [4.69, 9.17) is 10.2 Å². The van der Waals surface area contributed by atoms with E-state index in [1.54, 1.807) is 0 Å². The number of piperidine rings is 1. The molecule has 1 aliphatic heterocycles. The van der Waals surface area contributed by atoms with Crippen LogP contribution in [0.5, 0.6) is 0 Å². The van der Waals surface area contributed by atoms with Crippen LogP contribution in [-0.4, -0.2) is 36.1 Å². The van der Waals surface area contributed by atoms with Crippen molar-refractivity contribution in [2.75, 3.05) is 26.2 Å². The molecule has 19 heavy (non-hydrogen) atoms. The number of benzene rings is 1. The van der Waals surface area contributed by atoms with Gasteiger partial charge in [0.15, 0.2) is 5.58 Å². The summed E-state index contributed by atoms with van der Waals surface area (Å²) in [6.07, 6.45) is 2.28. The van der Waals surface area contributed by atoms with E-state index < -0.39 is 0 Å². The van der Waals surface area contributed by atoms with Gasteiger partial charge < -0.3 is 15.1 Å². The predicted molar refractivity (Wildman–Crippen MR) is 74.3 cm³/mol. The normalized spacial score (nSPS) is 18.2. The maximum Gasteiger partial charge on any atom is 0.417 e. The van der Waals surface area contributed by atoms with Crippen LogP contribution < -0.4 is 11.5 Å². The summed E-state index contributed by atoms with van der Waals surface area (Å²) in [5, 5.41) is 0. The largest absolute Gasteiger partial charge is 0.417 e. The maximum atomic E-state index is 11.2. The predicted octanol–water partition coefficient (Wildman–Crippen LogP) is 1.26. The second-order valence-corrected chi connectivity index (χ2v) is 5.17. The van der Waals surface area contributed by atoms with Gasteiger partial charge in [0.2, 0.25) is 0 Å². The summed E-state index contributed by atoms with van der Waals surface area (Å²) < 4.78 is 5.12. The molecule has 1 aliphatic rings. The number of likely N-dealkylation sites (tertiary alicyclic amines) is 1. The molecule has 0 aliphatic carbocycles. The Bertz CT molecular complexity index is 608. The molecule has 5 nitrogen and oxygen atoms in total. The molecule has 1 aromatic heterocycles. The van der Waals surface area contributed by atoms with Gasteiger partial charge >= 0.3 is 5.76 Å². The Morgan fingerprint density at radius 3 is 2.89 bits per heavy atom. The summed E-state index contributed by atoms with van der Waals surface area (Å²) in [5.74, 6) is 0.170. The number of aromatic nitrogens is 1. The van der Waals surface area contributed by atoms with Crippen molar-refractivity contribution >= 4 is 11.1 Å². The lowest BCUT2D eigenvalue weighted by Crippen LogP contribution is -2.36. The summed E-state index contributed by atoms with van der Waals surface area (Å²) >= 11 is 0. The van der Waals surface area contributed by atoms with Gasteiger partial charge in [-0.15, -0.1) is 0 Å². The van der Waals surface area contributed by atoms with Gasteiger partial charge in [0.1, 0.15) is 0 Å². The van der Waals surface area contributed by atoms with Crippen LogP contribution in [0.4, 0.5) is 0 Å². The number of aromatic amines is 1. The van der Waals surface area contributed by atoms with Gasteiger partial charge in [0.05, 0.1) is 5.52 Å². The number of hydrogen-bond acceptors (Lipinski definition) is 4. The van der Waals surface area contributed by atoms with Crippen molar-refractivity contribution in [2.45, 2.75) is 18.8 Å². The van der Waals surface area contributed by atoms with Crippen molar-refractivity contribution < 1.29 is 4.42 Å². The lowest BCUT2D eigenvalue weighted by Gasteiger charge is -2.31. The van der Waals surface area contributed by atoms with E-state index in [1.807, 2.05) is 12.1 Å². The second-order valence-electron chi connectivity index (χ2n) is 5.17. The minimum Gasteiger partial charge on any atom is -0.408 e. The minimum absolute atomic E-state index is 0.384. The molecule has 2 aromatic rings. The lowest BCUT2D eigenvalue weighted by atomic mass is 9.89. The summed E-state index contributed by atoms with van der Waals surface area (Å²) in [7, 11) is 0. The summed E-state index contributed by atoms with van der Waals surface area (Å²) in [4.78, 5) is 16.2. The molecule has 2 heterocycles. The zero-order valence-corrected chi connectivity index (χ0v) is 10.9. The van der Waals surface area contributed by atoms with E-state index in [9.17, 15) is 4.79 Å². The van der Waals surface area contributed by atoms with Crippen LogP contribution in [-0.2, 0) is 0 Å². The number of H-pyrrole nitrogens is 1. The van der Waals surface area contributed by atoms with Crippen LogP contribution in [0, 0.1) is 0 Å². The highest BCUT2D eigenvalue weighted by atomic mass is 16.4. The van der Waals surface area contributed by atoms with Crippen LogP contribution in [0.3, 0.4) is 0 Å². The number of nitrogens with zero attached hydrogens (tertiary/aromatic N) is 1. The Hall–Kier alpha value is -1.59. The van der Waals surface area contributed by atoms with E-state index in [0.29, 0.717) is 11.5 Å². The maximum absolute atomic E-state index is 11.2. The summed E-state index contributed by atoms with van der Waals surface area (Å²) in [6, 6.07) is 6.02. The van der Waals surface area contributed by atoms with E-state index >= 15 is 0 Å². The smallest absolute Gasteiger partial charge is 0.408 e. The van der Waals surface area contributed by atoms with E-state index in [-0.39, 0.29) is 5.76 Å². The first-order chi connectivity index (χ1) is 9.26. The third-order valence-electron chi connectivity index (χ3n) is 3.95. The first kappa shape index (κ1) is 12.4. The highest BCUT2D eigenvalue weighted by molar-refractivity contribution is 5.72. The van der Waals surface area contributed by atoms with Crippen LogP contribution in [0.25, 0.3) is 11.1 Å². The Kier molecular flexibility index (Phi) is 3.40. The van der Waals surface area contributed by atoms with Gasteiger partial charge in [-0.1, -0.05) is 6.07 Å². The summed E-state index contributed by atoms with van der Waals surface area (Å²) in [6.45, 7) is 3.90. The fraction of sp³-hybridized carbons (Fsp3) is 0.500. The molecule has 5 heteroatoms. The van der Waals surface area contributed by atoms with Crippen molar-refractivity contribution in [3.05, 3.63) is 34.3 Å². The number of nitrogens with two attached hydrogens (primary N) is 1. The fourth-order valence-corrected chi connectivity index (χ4v) is 2.89. The Morgan fingerprint density at radius 2 is 2.16 bits per heavy atom. The van der Waals surface area contributed by atoms with Crippen LogP contribution in [0.1, 0.15) is 24.3 Å². The zero-order valence-electron chi connectivity index (χ0n) is 10.9. The number of oxazole rings is 1. The monoisotopic (exact) mass is 261 g/mol. The highest BCUT2D eigenvalue weighted by Crippen LogP contribution is 2.29. The topological polar surface area (TPSA) is 75.3 Å². The van der Waals surface area contributed by atoms with Crippen molar-refractivity contribution in [1.82, 2.24) is 9.88 Å². The third kappa shape index (κ3) is 2.57. The third-order valence-corrected chi connectivity index (χ3v) is 3.95. The van der Waals surface area contributed by atoms with Crippen LogP contribution >= 0.6 is 0 Å². The van der Waals surface area contributed by atoms with Gasteiger partial charge in [-0.2, -0.15) is 0 Å². The molecule has 0 radical (unpaired) electrons. The van der Waals surface area contributed by atoms with Gasteiger partial charge in [-0.3, -0.25) is 4.98 Å². The van der Waals surface area contributed by atoms with E-state index in [0.717, 1.165) is 44.5 Å². The molecule has 0 unspecified atom stereocenters. The molecule has 102 valence electrons. The molecular weight excluding hydrogens is 242 g/mol. The minimum atomic E-state index is -0.384. The van der Waals surface area contributed by atoms with Gasteiger partial charge in [0, 0.05) is 13.1 Å². The quantitative estimate of drug-likeness (QED) is 0.872. The molecule has 3 rings (SSSR count). The molecule has 3 N–H and O–H groups in total. The van der Waals surface area contributed by atoms with Crippen molar-refractivity contribution in [2.24, 2.45) is 5.73 Å². The zero-order chi connectivity index (χ0) is 13.2. The van der Waals surface area contributed by atoms with Crippen LogP contribution in [0.15, 0.2) is 27.4 Å². The standard InChI is InChI=1S/C14H19N3O2/c15-5-8-17-6-3-10(4-7-17)11-1-2-12-13(9-11)19-14(18)16-12/h1-2,9-10H,3-8,15H2,(H,16,18). The average Bonchev–Trinajstić information content (AvgIpc) is 2.79. The molecular formula is C14H19N3O2. The Labute approximate surface area is 111 Å². The van der Waals surface area contributed by atoms with E-state index in [1.165, 1.54) is 5.56 Å². The fourth-order valence-electron chi connectivity index (χ4n) is 2.89. The first-order valence-corrected chi connectivity index (χ1v) is 6.81. The molecule has 1 saturated heterocycles. The molecule has 0 atom stereocenters. The molecule has 1 aromatic carbocycles. The van der Waals surface area contributed by atoms with Crippen molar-refractivity contribution in [3.8, 4) is 0 Å². The van der Waals surface area contributed by atoms with Gasteiger partial charge in [-0.25, -0.2) is 4.79 Å². The molecule has 0 amide bonds. The highest BCUT2D eigenvalue weighted by Gasteiger charge is 2.20. The average molecular weight is 261 g/mol. The molecule has 1 fully saturated rings. The summed E-state index contributed by atoms with van der Waals surface area (Å²) in [5.41, 5.74) is 8.28. The number of hydrogen-bond donors (Lipinski definition) is 2. The number of rotatable bonds is 3. The van der Waals surface area contributed by atoms with Crippen molar-refractivity contribution in [1.29, 1.82) is 0 Å². The molecule has 0 saturated carbocycles. The van der Waals surface area contributed by atoms with Gasteiger partial charge in [0.25, 0.3) is 0 Å². The van der Waals surface area contributed by atoms with Gasteiger partial charge in [-0.05, 0) is 49.5 Å².